The molecule has 0 aliphatic carbocycles. The minimum Gasteiger partial charge on any atom is -0.478 e. The molecule has 0 bridgehead atoms. The van der Waals surface area contributed by atoms with Crippen molar-refractivity contribution in [2.75, 3.05) is 0 Å². The number of aryl methyl sites for hydroxylation is 1. The van der Waals surface area contributed by atoms with Crippen LogP contribution in [0.25, 0.3) is 6.08 Å². The molecule has 4 heteroatoms. The van der Waals surface area contributed by atoms with Crippen molar-refractivity contribution < 1.29 is 14.3 Å². The van der Waals surface area contributed by atoms with E-state index in [1.165, 1.54) is 23.8 Å². The Morgan fingerprint density at radius 3 is 2.76 bits per heavy atom. The summed E-state index contributed by atoms with van der Waals surface area (Å²) in [5.41, 5.74) is 2.57. The highest BCUT2D eigenvalue weighted by Gasteiger charge is 2.03. The first-order valence-electron chi connectivity index (χ1n) is 6.43. The quantitative estimate of drug-likeness (QED) is 0.651. The predicted octanol–water partition coefficient (Wildman–Crippen LogP) is 4.52. The monoisotopic (exact) mass is 302 g/mol. The second kappa shape index (κ2) is 7.09. The summed E-state index contributed by atoms with van der Waals surface area (Å²) < 4.78 is 13.6. The summed E-state index contributed by atoms with van der Waals surface area (Å²) in [6, 6.07) is 12.6. The Labute approximate surface area is 127 Å². The smallest absolute Gasteiger partial charge is 0.328 e. The van der Waals surface area contributed by atoms with Crippen LogP contribution in [0, 0.1) is 12.7 Å². The van der Waals surface area contributed by atoms with E-state index in [4.69, 9.17) is 5.11 Å². The third kappa shape index (κ3) is 4.76. The maximum atomic E-state index is 13.6. The second-order valence-electron chi connectivity index (χ2n) is 4.62. The van der Waals surface area contributed by atoms with Gasteiger partial charge in [-0.3, -0.25) is 0 Å². The first kappa shape index (κ1) is 15.3. The van der Waals surface area contributed by atoms with Crippen molar-refractivity contribution in [1.29, 1.82) is 0 Å². The fourth-order valence-electron chi connectivity index (χ4n) is 1.90. The third-order valence-electron chi connectivity index (χ3n) is 2.89. The molecule has 0 unspecified atom stereocenters. The summed E-state index contributed by atoms with van der Waals surface area (Å²) >= 11 is 1.63. The van der Waals surface area contributed by atoms with Crippen molar-refractivity contribution in [2.24, 2.45) is 0 Å². The highest BCUT2D eigenvalue weighted by Crippen LogP contribution is 2.26. The lowest BCUT2D eigenvalue weighted by atomic mass is 10.1. The van der Waals surface area contributed by atoms with E-state index in [0.717, 1.165) is 16.5 Å². The lowest BCUT2D eigenvalue weighted by molar-refractivity contribution is -0.131. The van der Waals surface area contributed by atoms with Crippen molar-refractivity contribution in [2.45, 2.75) is 17.6 Å². The Balaban J connectivity index is 2.13. The number of thioether (sulfide) groups is 1. The number of carboxylic acids is 1. The molecule has 108 valence electrons. The fraction of sp³-hybridized carbons (Fsp3) is 0.118. The number of rotatable bonds is 5. The molecule has 0 amide bonds. The van der Waals surface area contributed by atoms with Gasteiger partial charge in [0.15, 0.2) is 0 Å². The Hall–Kier alpha value is -2.07. The van der Waals surface area contributed by atoms with Gasteiger partial charge in [0.1, 0.15) is 5.82 Å². The number of carboxylic acid groups (broad SMARTS) is 1. The highest BCUT2D eigenvalue weighted by atomic mass is 32.2. The molecule has 21 heavy (non-hydrogen) atoms. The van der Waals surface area contributed by atoms with Gasteiger partial charge >= 0.3 is 5.97 Å². The molecule has 1 N–H and O–H groups in total. The van der Waals surface area contributed by atoms with Crippen LogP contribution in [0.4, 0.5) is 4.39 Å². The number of hydrogen-bond donors (Lipinski definition) is 1. The molecule has 0 fully saturated rings. The van der Waals surface area contributed by atoms with Crippen LogP contribution in [0.5, 0.6) is 0 Å². The van der Waals surface area contributed by atoms with E-state index in [-0.39, 0.29) is 5.82 Å². The minimum atomic E-state index is -1.05. The number of carbonyl (C=O) groups is 1. The zero-order valence-electron chi connectivity index (χ0n) is 11.5. The minimum absolute atomic E-state index is 0.358. The first-order valence-corrected chi connectivity index (χ1v) is 7.42. The highest BCUT2D eigenvalue weighted by molar-refractivity contribution is 7.98. The van der Waals surface area contributed by atoms with Crippen LogP contribution >= 0.6 is 11.8 Å². The molecule has 0 saturated carbocycles. The van der Waals surface area contributed by atoms with Crippen LogP contribution in [-0.2, 0) is 10.5 Å². The van der Waals surface area contributed by atoms with Gasteiger partial charge in [-0.1, -0.05) is 24.3 Å². The summed E-state index contributed by atoms with van der Waals surface area (Å²) in [5.74, 6) is -0.769. The van der Waals surface area contributed by atoms with Crippen LogP contribution in [0.2, 0.25) is 0 Å². The average molecular weight is 302 g/mol. The lowest BCUT2D eigenvalue weighted by Crippen LogP contribution is -1.89. The molecular formula is C17H15FO2S. The van der Waals surface area contributed by atoms with Gasteiger partial charge in [-0.05, 0) is 47.9 Å². The molecule has 0 saturated heterocycles. The Kier molecular flexibility index (Phi) is 5.17. The van der Waals surface area contributed by atoms with E-state index < -0.39 is 5.97 Å². The molecule has 0 atom stereocenters. The van der Waals surface area contributed by atoms with Gasteiger partial charge in [-0.15, -0.1) is 11.8 Å². The van der Waals surface area contributed by atoms with Crippen LogP contribution in [0.1, 0.15) is 16.7 Å². The van der Waals surface area contributed by atoms with Gasteiger partial charge < -0.3 is 5.11 Å². The average Bonchev–Trinajstić information content (AvgIpc) is 2.44. The molecule has 0 spiro atoms. The second-order valence-corrected chi connectivity index (χ2v) is 5.64. The molecular weight excluding hydrogens is 287 g/mol. The number of benzene rings is 2. The van der Waals surface area contributed by atoms with Crippen LogP contribution < -0.4 is 0 Å². The third-order valence-corrected chi connectivity index (χ3v) is 4.13. The molecule has 2 aromatic rings. The number of halogens is 1. The Morgan fingerprint density at radius 1 is 1.29 bits per heavy atom. The largest absolute Gasteiger partial charge is 0.478 e. The van der Waals surface area contributed by atoms with E-state index >= 15 is 0 Å². The molecule has 0 aliphatic heterocycles. The maximum Gasteiger partial charge on any atom is 0.328 e. The summed E-state index contributed by atoms with van der Waals surface area (Å²) in [6.07, 6.45) is 2.40. The molecule has 0 radical (unpaired) electrons. The zero-order chi connectivity index (χ0) is 15.2. The summed E-state index contributed by atoms with van der Waals surface area (Å²) in [5, 5.41) is 8.61. The van der Waals surface area contributed by atoms with Crippen molar-refractivity contribution >= 4 is 23.8 Å². The van der Waals surface area contributed by atoms with Gasteiger partial charge in [-0.2, -0.15) is 0 Å². The molecule has 0 aromatic heterocycles. The van der Waals surface area contributed by atoms with Gasteiger partial charge in [0, 0.05) is 16.7 Å². The van der Waals surface area contributed by atoms with Crippen molar-refractivity contribution in [1.82, 2.24) is 0 Å². The standard InChI is InChI=1S/C17H15FO2S/c1-12-4-2-3-5-16(12)21-11-14-8-13(6-7-17(19)20)9-15(18)10-14/h2-10H,11H2,1H3,(H,19,20). The zero-order valence-corrected chi connectivity index (χ0v) is 12.4. The Bertz CT molecular complexity index is 680. The summed E-state index contributed by atoms with van der Waals surface area (Å²) in [7, 11) is 0. The fourth-order valence-corrected chi connectivity index (χ4v) is 2.86. The van der Waals surface area contributed by atoms with E-state index in [9.17, 15) is 9.18 Å². The van der Waals surface area contributed by atoms with Gasteiger partial charge in [0.2, 0.25) is 0 Å². The van der Waals surface area contributed by atoms with Gasteiger partial charge in [-0.25, -0.2) is 9.18 Å². The van der Waals surface area contributed by atoms with E-state index in [1.807, 2.05) is 31.2 Å². The van der Waals surface area contributed by atoms with E-state index in [1.54, 1.807) is 17.8 Å². The molecule has 2 rings (SSSR count). The lowest BCUT2D eigenvalue weighted by Gasteiger charge is -2.06. The van der Waals surface area contributed by atoms with Crippen molar-refractivity contribution in [3.8, 4) is 0 Å². The SMILES string of the molecule is Cc1ccccc1SCc1cc(F)cc(C=CC(=O)O)c1. The Morgan fingerprint density at radius 2 is 2.05 bits per heavy atom. The van der Waals surface area contributed by atoms with Crippen molar-refractivity contribution in [3.63, 3.8) is 0 Å². The van der Waals surface area contributed by atoms with E-state index in [2.05, 4.69) is 0 Å². The summed E-state index contributed by atoms with van der Waals surface area (Å²) in [6.45, 7) is 2.04. The molecule has 0 aliphatic rings. The molecule has 2 nitrogen and oxygen atoms in total. The predicted molar refractivity (Wildman–Crippen MR) is 83.8 cm³/mol. The topological polar surface area (TPSA) is 37.3 Å². The molecule has 0 heterocycles. The van der Waals surface area contributed by atoms with E-state index in [0.29, 0.717) is 11.3 Å². The number of hydrogen-bond acceptors (Lipinski definition) is 2. The normalized spacial score (nSPS) is 11.0. The first-order chi connectivity index (χ1) is 10.0. The number of aliphatic carboxylic acids is 1. The maximum absolute atomic E-state index is 13.6. The summed E-state index contributed by atoms with van der Waals surface area (Å²) in [4.78, 5) is 11.7. The van der Waals surface area contributed by atoms with Gasteiger partial charge in [0.05, 0.1) is 0 Å². The molecule has 2 aromatic carbocycles. The van der Waals surface area contributed by atoms with Gasteiger partial charge in [0.25, 0.3) is 0 Å². The van der Waals surface area contributed by atoms with Crippen LogP contribution in [0.15, 0.2) is 53.4 Å². The van der Waals surface area contributed by atoms with Crippen LogP contribution in [0.3, 0.4) is 0 Å². The van der Waals surface area contributed by atoms with Crippen molar-refractivity contribution in [3.05, 3.63) is 71.0 Å². The van der Waals surface area contributed by atoms with Crippen LogP contribution in [-0.4, -0.2) is 11.1 Å².